The first kappa shape index (κ1) is 26.7. The first-order valence-electron chi connectivity index (χ1n) is 11.1. The summed E-state index contributed by atoms with van der Waals surface area (Å²) in [5, 5.41) is 17.1. The van der Waals surface area contributed by atoms with Crippen LogP contribution in [0.4, 0.5) is 11.8 Å². The summed E-state index contributed by atoms with van der Waals surface area (Å²) in [4.78, 5) is 18.9. The van der Waals surface area contributed by atoms with Gasteiger partial charge in [-0.05, 0) is 45.4 Å². The lowest BCUT2D eigenvalue weighted by atomic mass is 10.0. The highest BCUT2D eigenvalue weighted by atomic mass is 32.1. The molecule has 8 heteroatoms. The summed E-state index contributed by atoms with van der Waals surface area (Å²) < 4.78 is 0. The monoisotopic (exact) mass is 446 g/mol. The predicted octanol–water partition coefficient (Wildman–Crippen LogP) is 5.56. The molecule has 1 atom stereocenters. The number of anilines is 2. The number of aromatic nitrogens is 3. The maximum atomic E-state index is 9.46. The highest BCUT2D eigenvalue weighted by Gasteiger charge is 2.18. The van der Waals surface area contributed by atoms with Crippen LogP contribution in [0.3, 0.4) is 0 Å². The van der Waals surface area contributed by atoms with Crippen LogP contribution in [-0.2, 0) is 0 Å². The second-order valence-corrected chi connectivity index (χ2v) is 7.95. The molecule has 1 unspecified atom stereocenters. The minimum Gasteiger partial charge on any atom is -0.396 e. The van der Waals surface area contributed by atoms with Crippen molar-refractivity contribution < 1.29 is 5.11 Å². The van der Waals surface area contributed by atoms with E-state index in [-0.39, 0.29) is 12.5 Å². The Morgan fingerprint density at radius 2 is 1.84 bits per heavy atom. The van der Waals surface area contributed by atoms with E-state index in [0.29, 0.717) is 5.95 Å². The van der Waals surface area contributed by atoms with Crippen LogP contribution in [0.5, 0.6) is 0 Å². The van der Waals surface area contributed by atoms with Crippen molar-refractivity contribution in [3.05, 3.63) is 22.5 Å². The summed E-state index contributed by atoms with van der Waals surface area (Å²) in [7, 11) is 0. The van der Waals surface area contributed by atoms with Gasteiger partial charge >= 0.3 is 0 Å². The summed E-state index contributed by atoms with van der Waals surface area (Å²) in [5.74, 6) is 1.68. The van der Waals surface area contributed by atoms with Crippen molar-refractivity contribution in [1.82, 2.24) is 15.0 Å². The van der Waals surface area contributed by atoms with Gasteiger partial charge in [0.05, 0.1) is 21.8 Å². The van der Waals surface area contributed by atoms with Crippen LogP contribution in [0.25, 0.3) is 16.6 Å². The Morgan fingerprint density at radius 3 is 2.45 bits per heavy atom. The molecule has 0 aromatic carbocycles. The van der Waals surface area contributed by atoms with Crippen molar-refractivity contribution in [3.8, 4) is 10.6 Å². The number of aryl methyl sites for hydroxylation is 2. The molecule has 2 aromatic rings. The Morgan fingerprint density at radius 1 is 1.10 bits per heavy atom. The number of aliphatic hydroxyl groups is 1. The molecule has 0 radical (unpaired) electrons. The summed E-state index contributed by atoms with van der Waals surface area (Å²) in [6, 6.07) is 0. The average molecular weight is 447 g/mol. The van der Waals surface area contributed by atoms with E-state index in [1.165, 1.54) is 0 Å². The fraction of sp³-hybridized carbons (Fsp3) is 0.565. The lowest BCUT2D eigenvalue weighted by Gasteiger charge is -2.16. The van der Waals surface area contributed by atoms with Gasteiger partial charge in [0.25, 0.3) is 0 Å². The fourth-order valence-corrected chi connectivity index (χ4v) is 3.94. The standard InChI is InChI=1S/C21H32N6OS.C2H6/c1-6-10-24-21-26-15(4)18(19(27-21)23-12-8-16(7-2)13-28)20-25-14(3)17(29-20)9-11-22-5;1-2/h9,11,16,28H,5-8,10,12-13H2,1-4H3,(H2,23,24,26,27);1-2H3/b11-9-;. The maximum absolute atomic E-state index is 9.46. The number of aliphatic imine (C=N–C) groups is 1. The van der Waals surface area contributed by atoms with Crippen LogP contribution in [-0.4, -0.2) is 46.5 Å². The Bertz CT molecular complexity index is 830. The first-order chi connectivity index (χ1) is 15.0. The molecule has 0 bridgehead atoms. The van der Waals surface area contributed by atoms with Crippen molar-refractivity contribution in [3.63, 3.8) is 0 Å². The molecule has 0 fully saturated rings. The van der Waals surface area contributed by atoms with Gasteiger partial charge in [-0.3, -0.25) is 4.99 Å². The quantitative estimate of drug-likeness (QED) is 0.370. The van der Waals surface area contributed by atoms with Crippen LogP contribution < -0.4 is 10.6 Å². The van der Waals surface area contributed by atoms with E-state index >= 15 is 0 Å². The third-order valence-electron chi connectivity index (χ3n) is 4.68. The van der Waals surface area contributed by atoms with Crippen LogP contribution >= 0.6 is 11.3 Å². The molecule has 0 spiro atoms. The third kappa shape index (κ3) is 8.03. The van der Waals surface area contributed by atoms with Crippen LogP contribution in [0.15, 0.2) is 11.2 Å². The van der Waals surface area contributed by atoms with Gasteiger partial charge in [-0.25, -0.2) is 9.97 Å². The first-order valence-corrected chi connectivity index (χ1v) is 11.9. The van der Waals surface area contributed by atoms with Crippen LogP contribution in [0, 0.1) is 19.8 Å². The number of aliphatic hydroxyl groups excluding tert-OH is 1. The van der Waals surface area contributed by atoms with E-state index in [0.717, 1.165) is 65.0 Å². The Labute approximate surface area is 191 Å². The van der Waals surface area contributed by atoms with Crippen LogP contribution in [0.2, 0.25) is 0 Å². The molecule has 2 heterocycles. The third-order valence-corrected chi connectivity index (χ3v) is 5.82. The lowest BCUT2D eigenvalue weighted by molar-refractivity contribution is 0.217. The SMILES string of the molecule is C=N/C=C\c1sc(-c2c(C)nc(NCCC)nc2NCCC(CC)CO)nc1C.CC. The van der Waals surface area contributed by atoms with E-state index < -0.39 is 0 Å². The zero-order chi connectivity index (χ0) is 23.2. The average Bonchev–Trinajstić information content (AvgIpc) is 3.14. The van der Waals surface area contributed by atoms with Gasteiger partial charge in [0.15, 0.2) is 0 Å². The fourth-order valence-electron chi connectivity index (χ4n) is 2.88. The highest BCUT2D eigenvalue weighted by molar-refractivity contribution is 7.16. The molecular formula is C23H38N6OS. The van der Waals surface area contributed by atoms with E-state index in [2.05, 4.69) is 41.2 Å². The molecule has 0 aliphatic heterocycles. The highest BCUT2D eigenvalue weighted by Crippen LogP contribution is 2.35. The van der Waals surface area contributed by atoms with E-state index in [1.54, 1.807) is 17.5 Å². The van der Waals surface area contributed by atoms with Crippen molar-refractivity contribution in [1.29, 1.82) is 0 Å². The van der Waals surface area contributed by atoms with Crippen LogP contribution in [0.1, 0.15) is 63.2 Å². The molecule has 0 saturated heterocycles. The van der Waals surface area contributed by atoms with E-state index in [4.69, 9.17) is 9.97 Å². The minimum absolute atomic E-state index is 0.204. The minimum atomic E-state index is 0.204. The molecule has 3 N–H and O–H groups in total. The van der Waals surface area contributed by atoms with Crippen molar-refractivity contribution in [2.75, 3.05) is 30.3 Å². The molecule has 2 rings (SSSR count). The molecule has 172 valence electrons. The smallest absolute Gasteiger partial charge is 0.224 e. The summed E-state index contributed by atoms with van der Waals surface area (Å²) in [6.07, 6.45) is 6.42. The number of thiazole rings is 1. The molecule has 2 aromatic heterocycles. The lowest BCUT2D eigenvalue weighted by Crippen LogP contribution is -2.15. The molecule has 0 saturated carbocycles. The molecule has 0 aliphatic carbocycles. The second-order valence-electron chi connectivity index (χ2n) is 6.92. The maximum Gasteiger partial charge on any atom is 0.224 e. The van der Waals surface area contributed by atoms with Gasteiger partial charge in [0.2, 0.25) is 5.95 Å². The Kier molecular flexibility index (Phi) is 12.6. The number of nitrogens with zero attached hydrogens (tertiary/aromatic N) is 4. The number of nitrogens with one attached hydrogen (secondary N) is 2. The van der Waals surface area contributed by atoms with Gasteiger partial charge in [-0.2, -0.15) is 4.98 Å². The number of hydrogen-bond donors (Lipinski definition) is 3. The van der Waals surface area contributed by atoms with E-state index in [9.17, 15) is 5.11 Å². The number of rotatable bonds is 12. The Balaban J connectivity index is 0.00000233. The molecule has 31 heavy (non-hydrogen) atoms. The summed E-state index contributed by atoms with van der Waals surface area (Å²) >= 11 is 1.59. The van der Waals surface area contributed by atoms with Crippen molar-refractivity contribution in [2.24, 2.45) is 10.9 Å². The predicted molar refractivity (Wildman–Crippen MR) is 135 cm³/mol. The van der Waals surface area contributed by atoms with Gasteiger partial charge in [-0.1, -0.05) is 34.1 Å². The molecule has 0 aliphatic rings. The van der Waals surface area contributed by atoms with Gasteiger partial charge in [0.1, 0.15) is 10.8 Å². The molecule has 7 nitrogen and oxygen atoms in total. The normalized spacial score (nSPS) is 11.7. The summed E-state index contributed by atoms with van der Waals surface area (Å²) in [6.45, 7) is 17.4. The zero-order valence-corrected chi connectivity index (χ0v) is 20.6. The van der Waals surface area contributed by atoms with Gasteiger partial charge < -0.3 is 15.7 Å². The second kappa shape index (κ2) is 14.6. The Hall–Kier alpha value is -2.32. The number of hydrogen-bond acceptors (Lipinski definition) is 8. The molecular weight excluding hydrogens is 408 g/mol. The molecule has 0 amide bonds. The van der Waals surface area contributed by atoms with Gasteiger partial charge in [-0.15, -0.1) is 11.3 Å². The van der Waals surface area contributed by atoms with Gasteiger partial charge in [0, 0.05) is 25.9 Å². The zero-order valence-electron chi connectivity index (χ0n) is 19.8. The van der Waals surface area contributed by atoms with E-state index in [1.807, 2.05) is 33.8 Å². The van der Waals surface area contributed by atoms with Crippen molar-refractivity contribution >= 4 is 35.9 Å². The largest absolute Gasteiger partial charge is 0.396 e. The summed E-state index contributed by atoms with van der Waals surface area (Å²) in [5.41, 5.74) is 2.74. The topological polar surface area (TPSA) is 95.3 Å². The van der Waals surface area contributed by atoms with Crippen molar-refractivity contribution in [2.45, 2.75) is 60.8 Å².